The van der Waals surface area contributed by atoms with Gasteiger partial charge in [0.2, 0.25) is 11.8 Å². The van der Waals surface area contributed by atoms with E-state index in [4.69, 9.17) is 0 Å². The second-order valence-electron chi connectivity index (χ2n) is 3.05. The van der Waals surface area contributed by atoms with E-state index in [0.29, 0.717) is 13.0 Å². The summed E-state index contributed by atoms with van der Waals surface area (Å²) in [4.78, 5) is 22.3. The molecule has 72 valence electrons. The van der Waals surface area contributed by atoms with E-state index in [2.05, 4.69) is 17.2 Å². The van der Waals surface area contributed by atoms with Gasteiger partial charge in [-0.25, -0.2) is 0 Å². The topological polar surface area (TPSA) is 58.2 Å². The van der Waals surface area contributed by atoms with E-state index in [1.54, 1.807) is 6.08 Å². The zero-order chi connectivity index (χ0) is 9.68. The Balaban J connectivity index is 2.36. The van der Waals surface area contributed by atoms with E-state index in [1.165, 1.54) is 0 Å². The Kier molecular flexibility index (Phi) is 3.49. The van der Waals surface area contributed by atoms with Crippen molar-refractivity contribution >= 4 is 11.8 Å². The lowest BCUT2D eigenvalue weighted by atomic mass is 10.0. The van der Waals surface area contributed by atoms with Crippen LogP contribution in [-0.2, 0) is 9.59 Å². The molecule has 1 atom stereocenters. The molecule has 0 aromatic rings. The molecular formula is C9H14N2O2. The van der Waals surface area contributed by atoms with Crippen LogP contribution in [0.4, 0.5) is 0 Å². The summed E-state index contributed by atoms with van der Waals surface area (Å²) in [6, 6.07) is -0.346. The maximum absolute atomic E-state index is 11.3. The van der Waals surface area contributed by atoms with Crippen molar-refractivity contribution in [2.45, 2.75) is 25.3 Å². The fraction of sp³-hybridized carbons (Fsp3) is 0.556. The molecule has 0 aromatic carbocycles. The number of piperidine rings is 1. The van der Waals surface area contributed by atoms with E-state index in [1.807, 2.05) is 0 Å². The number of rotatable bonds is 3. The molecule has 1 saturated heterocycles. The minimum absolute atomic E-state index is 0.0370. The lowest BCUT2D eigenvalue weighted by Crippen LogP contribution is -2.49. The first-order valence-electron chi connectivity index (χ1n) is 4.42. The van der Waals surface area contributed by atoms with Crippen molar-refractivity contribution in [2.75, 3.05) is 6.54 Å². The normalized spacial score (nSPS) is 21.8. The van der Waals surface area contributed by atoms with Crippen LogP contribution >= 0.6 is 0 Å². The fourth-order valence-corrected chi connectivity index (χ4v) is 1.30. The van der Waals surface area contributed by atoms with Gasteiger partial charge in [-0.15, -0.1) is 6.58 Å². The molecule has 0 bridgehead atoms. The molecule has 0 aromatic heterocycles. The van der Waals surface area contributed by atoms with Gasteiger partial charge < -0.3 is 10.6 Å². The van der Waals surface area contributed by atoms with Gasteiger partial charge in [0.05, 0.1) is 0 Å². The van der Waals surface area contributed by atoms with Gasteiger partial charge in [-0.3, -0.25) is 9.59 Å². The number of carbonyl (C=O) groups is 2. The zero-order valence-corrected chi connectivity index (χ0v) is 7.51. The maximum atomic E-state index is 11.3. The lowest BCUT2D eigenvalue weighted by Gasteiger charge is -2.21. The van der Waals surface area contributed by atoms with Gasteiger partial charge >= 0.3 is 0 Å². The van der Waals surface area contributed by atoms with Crippen molar-refractivity contribution in [2.24, 2.45) is 0 Å². The molecule has 1 heterocycles. The van der Waals surface area contributed by atoms with Gasteiger partial charge in [-0.1, -0.05) is 6.08 Å². The van der Waals surface area contributed by atoms with Crippen LogP contribution in [0.15, 0.2) is 12.7 Å². The van der Waals surface area contributed by atoms with Crippen LogP contribution in [-0.4, -0.2) is 24.4 Å². The lowest BCUT2D eigenvalue weighted by molar-refractivity contribution is -0.130. The van der Waals surface area contributed by atoms with Crippen LogP contribution in [0.5, 0.6) is 0 Å². The van der Waals surface area contributed by atoms with Gasteiger partial charge in [0, 0.05) is 13.0 Å². The standard InChI is InChI=1S/C9H14N2O2/c1-2-6-10-9(13)7-4-3-5-8(12)11-7/h2,7H,1,3-6H2,(H,10,13)(H,11,12)/t7-/m1/s1. The second kappa shape index (κ2) is 4.64. The highest BCUT2D eigenvalue weighted by Crippen LogP contribution is 2.07. The SMILES string of the molecule is C=CCNC(=O)[C@H]1CCCC(=O)N1. The Morgan fingerprint density at radius 3 is 3.15 bits per heavy atom. The number of carbonyl (C=O) groups excluding carboxylic acids is 2. The molecule has 2 amide bonds. The first-order valence-corrected chi connectivity index (χ1v) is 4.42. The highest BCUT2D eigenvalue weighted by atomic mass is 16.2. The Morgan fingerprint density at radius 2 is 2.54 bits per heavy atom. The van der Waals surface area contributed by atoms with Crippen LogP contribution < -0.4 is 10.6 Å². The third kappa shape index (κ3) is 2.89. The summed E-state index contributed by atoms with van der Waals surface area (Å²) in [6.45, 7) is 3.94. The largest absolute Gasteiger partial charge is 0.351 e. The zero-order valence-electron chi connectivity index (χ0n) is 7.51. The van der Waals surface area contributed by atoms with Gasteiger partial charge in [-0.05, 0) is 12.8 Å². The third-order valence-corrected chi connectivity index (χ3v) is 1.97. The third-order valence-electron chi connectivity index (χ3n) is 1.97. The number of amides is 2. The monoisotopic (exact) mass is 182 g/mol. The summed E-state index contributed by atoms with van der Waals surface area (Å²) in [5.41, 5.74) is 0. The van der Waals surface area contributed by atoms with E-state index < -0.39 is 0 Å². The van der Waals surface area contributed by atoms with E-state index in [-0.39, 0.29) is 17.9 Å². The van der Waals surface area contributed by atoms with Gasteiger partial charge in [0.15, 0.2) is 0 Å². The molecule has 1 rings (SSSR count). The molecule has 4 heteroatoms. The highest BCUT2D eigenvalue weighted by molar-refractivity contribution is 5.88. The Morgan fingerprint density at radius 1 is 1.77 bits per heavy atom. The quantitative estimate of drug-likeness (QED) is 0.601. The van der Waals surface area contributed by atoms with Crippen molar-refractivity contribution in [3.63, 3.8) is 0 Å². The highest BCUT2D eigenvalue weighted by Gasteiger charge is 2.23. The van der Waals surface area contributed by atoms with E-state index >= 15 is 0 Å². The van der Waals surface area contributed by atoms with Crippen molar-refractivity contribution in [3.05, 3.63) is 12.7 Å². The van der Waals surface area contributed by atoms with Crippen molar-refractivity contribution < 1.29 is 9.59 Å². The molecule has 0 saturated carbocycles. The molecule has 2 N–H and O–H groups in total. The van der Waals surface area contributed by atoms with Gasteiger partial charge in [0.25, 0.3) is 0 Å². The maximum Gasteiger partial charge on any atom is 0.242 e. The Labute approximate surface area is 77.4 Å². The molecule has 13 heavy (non-hydrogen) atoms. The molecule has 4 nitrogen and oxygen atoms in total. The Hall–Kier alpha value is -1.32. The van der Waals surface area contributed by atoms with Crippen LogP contribution in [0.1, 0.15) is 19.3 Å². The molecule has 1 aliphatic rings. The average Bonchev–Trinajstić information content (AvgIpc) is 2.14. The summed E-state index contributed by atoms with van der Waals surface area (Å²) in [5.74, 6) is -0.155. The minimum atomic E-state index is -0.346. The van der Waals surface area contributed by atoms with Gasteiger partial charge in [-0.2, -0.15) is 0 Å². The predicted octanol–water partition coefficient (Wildman–Crippen LogP) is -0.0427. The van der Waals surface area contributed by atoms with Crippen LogP contribution in [0.2, 0.25) is 0 Å². The molecule has 1 aliphatic heterocycles. The molecule has 0 unspecified atom stereocenters. The molecular weight excluding hydrogens is 168 g/mol. The summed E-state index contributed by atoms with van der Waals surface area (Å²) in [6.07, 6.45) is 3.67. The molecule has 0 aliphatic carbocycles. The summed E-state index contributed by atoms with van der Waals surface area (Å²) >= 11 is 0. The van der Waals surface area contributed by atoms with Gasteiger partial charge in [0.1, 0.15) is 6.04 Å². The predicted molar refractivity (Wildman–Crippen MR) is 49.0 cm³/mol. The first-order chi connectivity index (χ1) is 6.24. The number of hydrogen-bond acceptors (Lipinski definition) is 2. The first kappa shape index (κ1) is 9.77. The van der Waals surface area contributed by atoms with Crippen molar-refractivity contribution in [1.82, 2.24) is 10.6 Å². The minimum Gasteiger partial charge on any atom is -0.351 e. The van der Waals surface area contributed by atoms with Crippen LogP contribution in [0, 0.1) is 0 Å². The summed E-state index contributed by atoms with van der Waals surface area (Å²) < 4.78 is 0. The average molecular weight is 182 g/mol. The molecule has 1 fully saturated rings. The summed E-state index contributed by atoms with van der Waals surface area (Å²) in [7, 11) is 0. The fourth-order valence-electron chi connectivity index (χ4n) is 1.30. The second-order valence-corrected chi connectivity index (χ2v) is 3.05. The van der Waals surface area contributed by atoms with E-state index in [9.17, 15) is 9.59 Å². The van der Waals surface area contributed by atoms with Crippen LogP contribution in [0.25, 0.3) is 0 Å². The number of nitrogens with one attached hydrogen (secondary N) is 2. The van der Waals surface area contributed by atoms with Crippen molar-refractivity contribution in [1.29, 1.82) is 0 Å². The molecule has 0 spiro atoms. The number of hydrogen-bond donors (Lipinski definition) is 2. The smallest absolute Gasteiger partial charge is 0.242 e. The summed E-state index contributed by atoms with van der Waals surface area (Å²) in [5, 5.41) is 5.29. The Bertz CT molecular complexity index is 226. The van der Waals surface area contributed by atoms with E-state index in [0.717, 1.165) is 12.8 Å². The van der Waals surface area contributed by atoms with Crippen LogP contribution in [0.3, 0.4) is 0 Å². The van der Waals surface area contributed by atoms with Crippen molar-refractivity contribution in [3.8, 4) is 0 Å². The molecule has 0 radical (unpaired) electrons.